The Morgan fingerprint density at radius 3 is 2.42 bits per heavy atom. The average Bonchev–Trinajstić information content (AvgIpc) is 2.91. The Hall–Kier alpha value is -1.68. The second kappa shape index (κ2) is 6.48. The van der Waals surface area contributed by atoms with Crippen molar-refractivity contribution < 1.29 is 9.59 Å². The molecule has 19 heavy (non-hydrogen) atoms. The molecular formula is C15H20N2O2. The number of nitrogens with zero attached hydrogens (tertiary/aromatic N) is 1. The number of benzene rings is 1. The van der Waals surface area contributed by atoms with E-state index in [2.05, 4.69) is 10.2 Å². The first kappa shape index (κ1) is 13.7. The van der Waals surface area contributed by atoms with Crippen LogP contribution in [0.1, 0.15) is 40.5 Å². The molecule has 0 unspecified atom stereocenters. The van der Waals surface area contributed by atoms with Crippen molar-refractivity contribution in [1.82, 2.24) is 10.2 Å². The molecular weight excluding hydrogens is 240 g/mol. The zero-order valence-electron chi connectivity index (χ0n) is 11.3. The van der Waals surface area contributed by atoms with Gasteiger partial charge in [-0.2, -0.15) is 0 Å². The van der Waals surface area contributed by atoms with E-state index in [4.69, 9.17) is 0 Å². The molecule has 0 radical (unpaired) electrons. The lowest BCUT2D eigenvalue weighted by Crippen LogP contribution is -2.34. The molecule has 1 saturated heterocycles. The van der Waals surface area contributed by atoms with Crippen molar-refractivity contribution in [1.29, 1.82) is 0 Å². The zero-order valence-corrected chi connectivity index (χ0v) is 11.3. The lowest BCUT2D eigenvalue weighted by molar-refractivity contribution is 0.0935. The van der Waals surface area contributed by atoms with E-state index >= 15 is 0 Å². The first-order valence-corrected chi connectivity index (χ1v) is 6.79. The van der Waals surface area contributed by atoms with Crippen LogP contribution < -0.4 is 5.32 Å². The molecule has 2 rings (SSSR count). The van der Waals surface area contributed by atoms with Gasteiger partial charge >= 0.3 is 0 Å². The number of carbonyl (C=O) groups is 2. The summed E-state index contributed by atoms with van der Waals surface area (Å²) >= 11 is 0. The second-order valence-electron chi connectivity index (χ2n) is 4.91. The number of nitrogens with one attached hydrogen (secondary N) is 1. The Bertz CT molecular complexity index is 465. The van der Waals surface area contributed by atoms with Crippen molar-refractivity contribution in [3.8, 4) is 0 Å². The molecule has 1 heterocycles. The summed E-state index contributed by atoms with van der Waals surface area (Å²) in [5.41, 5.74) is 0.956. The summed E-state index contributed by atoms with van der Waals surface area (Å²) in [6.07, 6.45) is 2.50. The molecule has 0 saturated carbocycles. The maximum Gasteiger partial charge on any atom is 0.252 e. The van der Waals surface area contributed by atoms with E-state index in [1.165, 1.54) is 19.8 Å². The van der Waals surface area contributed by atoms with Crippen molar-refractivity contribution >= 4 is 11.7 Å². The van der Waals surface area contributed by atoms with Crippen LogP contribution >= 0.6 is 0 Å². The largest absolute Gasteiger partial charge is 0.351 e. The summed E-state index contributed by atoms with van der Waals surface area (Å²) in [6, 6.07) is 6.94. The molecule has 1 amide bonds. The average molecular weight is 260 g/mol. The zero-order chi connectivity index (χ0) is 13.7. The van der Waals surface area contributed by atoms with Gasteiger partial charge in [0, 0.05) is 18.7 Å². The lowest BCUT2D eigenvalue weighted by atomic mass is 10.0. The fourth-order valence-electron chi connectivity index (χ4n) is 2.42. The van der Waals surface area contributed by atoms with E-state index < -0.39 is 0 Å². The number of likely N-dealkylation sites (tertiary alicyclic amines) is 1. The van der Waals surface area contributed by atoms with Gasteiger partial charge in [0.1, 0.15) is 0 Å². The van der Waals surface area contributed by atoms with Crippen LogP contribution in [-0.4, -0.2) is 42.8 Å². The maximum absolute atomic E-state index is 12.1. The van der Waals surface area contributed by atoms with Gasteiger partial charge in [-0.15, -0.1) is 0 Å². The summed E-state index contributed by atoms with van der Waals surface area (Å²) < 4.78 is 0. The van der Waals surface area contributed by atoms with E-state index in [1.807, 2.05) is 0 Å². The van der Waals surface area contributed by atoms with Gasteiger partial charge in [-0.3, -0.25) is 9.59 Å². The number of carbonyl (C=O) groups excluding carboxylic acids is 2. The molecule has 0 bridgehead atoms. The third-order valence-corrected chi connectivity index (χ3v) is 3.46. The predicted octanol–water partition coefficient (Wildman–Crippen LogP) is 1.71. The van der Waals surface area contributed by atoms with Gasteiger partial charge in [-0.1, -0.05) is 18.2 Å². The minimum absolute atomic E-state index is 0.0784. The highest BCUT2D eigenvalue weighted by molar-refractivity contribution is 6.07. The molecule has 1 aliphatic rings. The van der Waals surface area contributed by atoms with Gasteiger partial charge in [0.15, 0.2) is 5.78 Å². The first-order valence-electron chi connectivity index (χ1n) is 6.79. The Labute approximate surface area is 113 Å². The quantitative estimate of drug-likeness (QED) is 0.820. The molecule has 1 fully saturated rings. The van der Waals surface area contributed by atoms with Crippen LogP contribution in [0, 0.1) is 0 Å². The SMILES string of the molecule is CC(=O)c1ccccc1C(=O)NCCN1CCCC1. The minimum atomic E-state index is -0.162. The normalized spacial score (nSPS) is 15.4. The Balaban J connectivity index is 1.90. The number of ketones is 1. The van der Waals surface area contributed by atoms with E-state index in [-0.39, 0.29) is 11.7 Å². The molecule has 4 heteroatoms. The fraction of sp³-hybridized carbons (Fsp3) is 0.467. The molecule has 0 spiro atoms. The third-order valence-electron chi connectivity index (χ3n) is 3.46. The second-order valence-corrected chi connectivity index (χ2v) is 4.91. The van der Waals surface area contributed by atoms with Crippen molar-refractivity contribution in [2.24, 2.45) is 0 Å². The van der Waals surface area contributed by atoms with Crippen LogP contribution in [0.25, 0.3) is 0 Å². The minimum Gasteiger partial charge on any atom is -0.351 e. The van der Waals surface area contributed by atoms with Gasteiger partial charge in [0.2, 0.25) is 0 Å². The monoisotopic (exact) mass is 260 g/mol. The topological polar surface area (TPSA) is 49.4 Å². The maximum atomic E-state index is 12.1. The smallest absolute Gasteiger partial charge is 0.252 e. The summed E-state index contributed by atoms with van der Waals surface area (Å²) in [5.74, 6) is -0.240. The highest BCUT2D eigenvalue weighted by atomic mass is 16.2. The van der Waals surface area contributed by atoms with Gasteiger partial charge in [0.25, 0.3) is 5.91 Å². The number of amides is 1. The van der Waals surface area contributed by atoms with Crippen molar-refractivity contribution in [3.63, 3.8) is 0 Å². The predicted molar refractivity (Wildman–Crippen MR) is 74.5 cm³/mol. The van der Waals surface area contributed by atoms with Gasteiger partial charge in [-0.05, 0) is 38.9 Å². The van der Waals surface area contributed by atoms with Crippen LogP contribution in [0.4, 0.5) is 0 Å². The molecule has 102 valence electrons. The molecule has 0 aromatic heterocycles. The van der Waals surface area contributed by atoms with Gasteiger partial charge in [0.05, 0.1) is 5.56 Å². The molecule has 1 N–H and O–H groups in total. The number of rotatable bonds is 5. The summed E-state index contributed by atoms with van der Waals surface area (Å²) in [4.78, 5) is 25.9. The first-order chi connectivity index (χ1) is 9.18. The van der Waals surface area contributed by atoms with Crippen LogP contribution in [0.3, 0.4) is 0 Å². The standard InChI is InChI=1S/C15H20N2O2/c1-12(18)13-6-2-3-7-14(13)15(19)16-8-11-17-9-4-5-10-17/h2-3,6-7H,4-5,8-11H2,1H3,(H,16,19). The number of hydrogen-bond donors (Lipinski definition) is 1. The summed E-state index contributed by atoms with van der Waals surface area (Å²) in [5, 5.41) is 2.89. The molecule has 1 aromatic rings. The molecule has 1 aliphatic heterocycles. The van der Waals surface area contributed by atoms with E-state index in [1.54, 1.807) is 24.3 Å². The molecule has 4 nitrogen and oxygen atoms in total. The molecule has 0 aliphatic carbocycles. The number of hydrogen-bond acceptors (Lipinski definition) is 3. The van der Waals surface area contributed by atoms with E-state index in [0.29, 0.717) is 17.7 Å². The fourth-order valence-corrected chi connectivity index (χ4v) is 2.42. The van der Waals surface area contributed by atoms with Crippen molar-refractivity contribution in [3.05, 3.63) is 35.4 Å². The van der Waals surface area contributed by atoms with Crippen LogP contribution in [-0.2, 0) is 0 Å². The van der Waals surface area contributed by atoms with Crippen LogP contribution in [0.2, 0.25) is 0 Å². The van der Waals surface area contributed by atoms with Gasteiger partial charge < -0.3 is 10.2 Å². The summed E-state index contributed by atoms with van der Waals surface area (Å²) in [7, 11) is 0. The molecule has 0 atom stereocenters. The van der Waals surface area contributed by atoms with Crippen LogP contribution in [0.15, 0.2) is 24.3 Å². The van der Waals surface area contributed by atoms with Gasteiger partial charge in [-0.25, -0.2) is 0 Å². The Morgan fingerprint density at radius 2 is 1.79 bits per heavy atom. The van der Waals surface area contributed by atoms with Crippen molar-refractivity contribution in [2.75, 3.05) is 26.2 Å². The Kier molecular flexibility index (Phi) is 4.68. The molecule has 1 aromatic carbocycles. The van der Waals surface area contributed by atoms with Crippen LogP contribution in [0.5, 0.6) is 0 Å². The Morgan fingerprint density at radius 1 is 1.16 bits per heavy atom. The number of Topliss-reactive ketones (excluding diaryl/α,β-unsaturated/α-hetero) is 1. The van der Waals surface area contributed by atoms with Crippen molar-refractivity contribution in [2.45, 2.75) is 19.8 Å². The lowest BCUT2D eigenvalue weighted by Gasteiger charge is -2.15. The summed E-state index contributed by atoms with van der Waals surface area (Å²) in [6.45, 7) is 5.25. The highest BCUT2D eigenvalue weighted by Gasteiger charge is 2.14. The van der Waals surface area contributed by atoms with E-state index in [0.717, 1.165) is 19.6 Å². The third kappa shape index (κ3) is 3.64. The highest BCUT2D eigenvalue weighted by Crippen LogP contribution is 2.09. The van der Waals surface area contributed by atoms with E-state index in [9.17, 15) is 9.59 Å².